The van der Waals surface area contributed by atoms with Gasteiger partial charge in [-0.05, 0) is 51.4 Å². The highest BCUT2D eigenvalue weighted by Crippen LogP contribution is 2.31. The molecule has 2 heterocycles. The van der Waals surface area contributed by atoms with Crippen LogP contribution in [0.3, 0.4) is 0 Å². The zero-order valence-electron chi connectivity index (χ0n) is 15.7. The first-order chi connectivity index (χ1) is 13.2. The molecule has 28 heavy (non-hydrogen) atoms. The predicted molar refractivity (Wildman–Crippen MR) is 107 cm³/mol. The first-order valence-electron chi connectivity index (χ1n) is 8.35. The lowest BCUT2D eigenvalue weighted by Gasteiger charge is -2.20. The van der Waals surface area contributed by atoms with Gasteiger partial charge in [0.15, 0.2) is 11.6 Å². The van der Waals surface area contributed by atoms with Crippen molar-refractivity contribution in [3.63, 3.8) is 0 Å². The Morgan fingerprint density at radius 1 is 1.18 bits per heavy atom. The maximum absolute atomic E-state index is 12.7. The molecule has 0 aliphatic carbocycles. The van der Waals surface area contributed by atoms with Crippen molar-refractivity contribution < 1.29 is 9.53 Å². The summed E-state index contributed by atoms with van der Waals surface area (Å²) in [4.78, 5) is 20.6. The monoisotopic (exact) mass is 420 g/mol. The van der Waals surface area contributed by atoms with Crippen LogP contribution >= 0.6 is 23.2 Å². The van der Waals surface area contributed by atoms with Gasteiger partial charge in [-0.2, -0.15) is 4.98 Å². The van der Waals surface area contributed by atoms with E-state index in [1.54, 1.807) is 39.8 Å². The molecule has 1 N–H and O–H groups in total. The van der Waals surface area contributed by atoms with Crippen molar-refractivity contribution in [2.24, 2.45) is 0 Å². The number of benzene rings is 1. The number of para-hydroxylation sites is 1. The van der Waals surface area contributed by atoms with Crippen molar-refractivity contribution in [3.05, 3.63) is 46.6 Å². The van der Waals surface area contributed by atoms with E-state index in [0.29, 0.717) is 33.7 Å². The van der Waals surface area contributed by atoms with E-state index in [4.69, 9.17) is 27.9 Å². The molecule has 0 amide bonds. The van der Waals surface area contributed by atoms with Gasteiger partial charge < -0.3 is 10.1 Å². The van der Waals surface area contributed by atoms with Crippen LogP contribution in [0.1, 0.15) is 26.6 Å². The first-order valence-corrected chi connectivity index (χ1v) is 9.11. The Morgan fingerprint density at radius 3 is 2.61 bits per heavy atom. The Morgan fingerprint density at radius 2 is 1.89 bits per heavy atom. The lowest BCUT2D eigenvalue weighted by molar-refractivity contribution is 0.0536. The molecule has 1 aromatic carbocycles. The molecule has 0 unspecified atom stereocenters. The van der Waals surface area contributed by atoms with E-state index in [2.05, 4.69) is 25.5 Å². The van der Waals surface area contributed by atoms with Crippen LogP contribution in [0.25, 0.3) is 11.4 Å². The Kier molecular flexibility index (Phi) is 5.53. The zero-order valence-corrected chi connectivity index (χ0v) is 17.2. The van der Waals surface area contributed by atoms with E-state index in [0.717, 1.165) is 0 Å². The third-order valence-electron chi connectivity index (χ3n) is 3.54. The largest absolute Gasteiger partial charge is 0.443 e. The summed E-state index contributed by atoms with van der Waals surface area (Å²) in [5, 5.41) is 11.6. The average Bonchev–Trinajstić information content (AvgIpc) is 2.99. The highest BCUT2D eigenvalue weighted by atomic mass is 35.5. The summed E-state index contributed by atoms with van der Waals surface area (Å²) in [5.41, 5.74) is 0.560. The molecule has 10 heteroatoms. The summed E-state index contributed by atoms with van der Waals surface area (Å²) in [6.45, 7) is 7.05. The molecule has 0 saturated heterocycles. The number of ether oxygens (including phenoxy) is 1. The number of carbonyl (C=O) groups excluding carboxylic acids is 1. The molecule has 0 saturated carbocycles. The van der Waals surface area contributed by atoms with Crippen LogP contribution in [0.4, 0.5) is 16.3 Å². The minimum Gasteiger partial charge on any atom is -0.443 e. The van der Waals surface area contributed by atoms with Crippen LogP contribution in [0.5, 0.6) is 0 Å². The quantitative estimate of drug-likeness (QED) is 0.603. The zero-order chi connectivity index (χ0) is 20.5. The number of carbonyl (C=O) groups is 1. The van der Waals surface area contributed by atoms with Gasteiger partial charge in [0, 0.05) is 5.56 Å². The number of rotatable bonds is 3. The Bertz CT molecular complexity index is 1030. The standard InChI is InChI=1S/C18H18Cl2N6O2/c1-10-24-25-15(26(10)17(27)28-18(2,3)4)11-7-5-6-8-13(11)22-14-12(19)9-21-16(20)23-14/h5-9H,1-4H3,(H,21,22,23). The van der Waals surface area contributed by atoms with Gasteiger partial charge >= 0.3 is 6.09 Å². The molecular weight excluding hydrogens is 403 g/mol. The van der Waals surface area contributed by atoms with Crippen molar-refractivity contribution in [3.8, 4) is 11.4 Å². The fourth-order valence-electron chi connectivity index (χ4n) is 2.41. The summed E-state index contributed by atoms with van der Waals surface area (Å²) in [6.07, 6.45) is 0.831. The summed E-state index contributed by atoms with van der Waals surface area (Å²) in [6, 6.07) is 7.23. The number of nitrogens with zero attached hydrogens (tertiary/aromatic N) is 5. The summed E-state index contributed by atoms with van der Waals surface area (Å²) in [5.74, 6) is 1.06. The van der Waals surface area contributed by atoms with E-state index < -0.39 is 11.7 Å². The Labute approximate surface area is 171 Å². The van der Waals surface area contributed by atoms with Gasteiger partial charge in [-0.25, -0.2) is 14.3 Å². The van der Waals surface area contributed by atoms with Crippen LogP contribution in [0.2, 0.25) is 10.3 Å². The molecule has 0 spiro atoms. The van der Waals surface area contributed by atoms with Crippen LogP contribution in [-0.4, -0.2) is 36.4 Å². The minimum atomic E-state index is -0.659. The second kappa shape index (κ2) is 7.73. The van der Waals surface area contributed by atoms with Gasteiger partial charge in [-0.1, -0.05) is 23.7 Å². The molecule has 0 radical (unpaired) electrons. The number of aromatic nitrogens is 5. The maximum atomic E-state index is 12.7. The fourth-order valence-corrected chi connectivity index (χ4v) is 2.68. The lowest BCUT2D eigenvalue weighted by atomic mass is 10.1. The van der Waals surface area contributed by atoms with Crippen molar-refractivity contribution in [2.45, 2.75) is 33.3 Å². The predicted octanol–water partition coefficient (Wildman–Crippen LogP) is 4.88. The van der Waals surface area contributed by atoms with Gasteiger partial charge in [0.25, 0.3) is 0 Å². The molecule has 146 valence electrons. The molecule has 0 fully saturated rings. The molecular formula is C18H18Cl2N6O2. The normalized spacial score (nSPS) is 11.4. The number of hydrogen-bond acceptors (Lipinski definition) is 7. The van der Waals surface area contributed by atoms with Crippen LogP contribution in [-0.2, 0) is 4.74 Å². The van der Waals surface area contributed by atoms with E-state index >= 15 is 0 Å². The second-order valence-electron chi connectivity index (χ2n) is 6.89. The van der Waals surface area contributed by atoms with E-state index in [-0.39, 0.29) is 5.28 Å². The molecule has 0 bridgehead atoms. The van der Waals surface area contributed by atoms with E-state index in [1.807, 2.05) is 12.1 Å². The van der Waals surface area contributed by atoms with Crippen LogP contribution in [0, 0.1) is 6.92 Å². The van der Waals surface area contributed by atoms with Gasteiger partial charge in [0.2, 0.25) is 5.28 Å². The van der Waals surface area contributed by atoms with Crippen molar-refractivity contribution in [1.29, 1.82) is 0 Å². The van der Waals surface area contributed by atoms with Crippen molar-refractivity contribution in [1.82, 2.24) is 24.7 Å². The summed E-state index contributed by atoms with van der Waals surface area (Å²) >= 11 is 12.0. The number of anilines is 2. The number of halogens is 2. The van der Waals surface area contributed by atoms with Gasteiger partial charge in [0.05, 0.1) is 11.9 Å². The topological polar surface area (TPSA) is 94.8 Å². The third kappa shape index (κ3) is 4.40. The Balaban J connectivity index is 2.05. The molecule has 0 aliphatic heterocycles. The lowest BCUT2D eigenvalue weighted by Crippen LogP contribution is -2.28. The summed E-state index contributed by atoms with van der Waals surface area (Å²) < 4.78 is 6.80. The second-order valence-corrected chi connectivity index (χ2v) is 7.64. The van der Waals surface area contributed by atoms with Gasteiger partial charge in [-0.3, -0.25) is 0 Å². The van der Waals surface area contributed by atoms with Crippen molar-refractivity contribution >= 4 is 40.8 Å². The third-order valence-corrected chi connectivity index (χ3v) is 4.00. The SMILES string of the molecule is Cc1nnc(-c2ccccc2Nc2nc(Cl)ncc2Cl)n1C(=O)OC(C)(C)C. The minimum absolute atomic E-state index is 0.0529. The van der Waals surface area contributed by atoms with E-state index in [9.17, 15) is 4.79 Å². The maximum Gasteiger partial charge on any atom is 0.421 e. The number of aryl methyl sites for hydroxylation is 1. The van der Waals surface area contributed by atoms with Crippen molar-refractivity contribution in [2.75, 3.05) is 5.32 Å². The number of hydrogen-bond donors (Lipinski definition) is 1. The highest BCUT2D eigenvalue weighted by molar-refractivity contribution is 6.33. The smallest absolute Gasteiger partial charge is 0.421 e. The highest BCUT2D eigenvalue weighted by Gasteiger charge is 2.25. The van der Waals surface area contributed by atoms with Gasteiger partial charge in [0.1, 0.15) is 16.4 Å². The Hall–Kier alpha value is -2.71. The molecule has 0 aliphatic rings. The average molecular weight is 421 g/mol. The van der Waals surface area contributed by atoms with Crippen LogP contribution < -0.4 is 5.32 Å². The molecule has 2 aromatic heterocycles. The number of nitrogens with one attached hydrogen (secondary N) is 1. The molecule has 3 aromatic rings. The fraction of sp³-hybridized carbons (Fsp3) is 0.278. The molecule has 3 rings (SSSR count). The summed E-state index contributed by atoms with van der Waals surface area (Å²) in [7, 11) is 0. The van der Waals surface area contributed by atoms with E-state index in [1.165, 1.54) is 10.8 Å². The first kappa shape index (κ1) is 20.0. The van der Waals surface area contributed by atoms with Crippen LogP contribution in [0.15, 0.2) is 30.5 Å². The molecule has 0 atom stereocenters. The molecule has 8 nitrogen and oxygen atoms in total. The van der Waals surface area contributed by atoms with Gasteiger partial charge in [-0.15, -0.1) is 10.2 Å².